The van der Waals surface area contributed by atoms with Crippen molar-refractivity contribution in [2.45, 2.75) is 25.6 Å². The minimum absolute atomic E-state index is 0.0867. The Morgan fingerprint density at radius 3 is 3.05 bits per heavy atom. The van der Waals surface area contributed by atoms with Gasteiger partial charge in [0.05, 0.1) is 6.61 Å². The molecule has 0 bridgehead atoms. The van der Waals surface area contributed by atoms with Gasteiger partial charge in [0.2, 0.25) is 0 Å². The van der Waals surface area contributed by atoms with Gasteiger partial charge in [-0.05, 0) is 30.9 Å². The van der Waals surface area contributed by atoms with E-state index in [1.807, 2.05) is 30.3 Å². The fourth-order valence-electron chi connectivity index (χ4n) is 2.19. The van der Waals surface area contributed by atoms with E-state index in [-0.39, 0.29) is 6.29 Å². The van der Waals surface area contributed by atoms with E-state index in [4.69, 9.17) is 19.7 Å². The molecule has 0 saturated carbocycles. The van der Waals surface area contributed by atoms with E-state index in [2.05, 4.69) is 10.0 Å². The zero-order chi connectivity index (χ0) is 15.5. The molecular formula is C16H21N3O3. The van der Waals surface area contributed by atoms with Crippen molar-refractivity contribution in [1.29, 1.82) is 0 Å². The first kappa shape index (κ1) is 16.4. The van der Waals surface area contributed by atoms with Crippen molar-refractivity contribution in [3.05, 3.63) is 46.3 Å². The molecule has 1 fully saturated rings. The summed E-state index contributed by atoms with van der Waals surface area (Å²) in [5, 5.41) is 3.46. The van der Waals surface area contributed by atoms with Crippen molar-refractivity contribution in [1.82, 2.24) is 0 Å². The third kappa shape index (κ3) is 5.77. The van der Waals surface area contributed by atoms with Gasteiger partial charge in [-0.15, -0.1) is 0 Å². The van der Waals surface area contributed by atoms with E-state index in [9.17, 15) is 0 Å². The molecule has 1 aromatic rings. The topological polar surface area (TPSA) is 76.5 Å². The van der Waals surface area contributed by atoms with Crippen LogP contribution in [0.1, 0.15) is 24.8 Å². The Bertz CT molecular complexity index is 521. The van der Waals surface area contributed by atoms with Crippen molar-refractivity contribution in [3.63, 3.8) is 0 Å². The third-order valence-corrected chi connectivity index (χ3v) is 3.25. The van der Waals surface area contributed by atoms with Crippen molar-refractivity contribution in [3.8, 4) is 5.75 Å². The zero-order valence-corrected chi connectivity index (χ0v) is 12.6. The first-order chi connectivity index (χ1) is 10.9. The summed E-state index contributed by atoms with van der Waals surface area (Å²) in [6, 6.07) is 7.72. The predicted octanol–water partition coefficient (Wildman–Crippen LogP) is 3.93. The van der Waals surface area contributed by atoms with Gasteiger partial charge in [0.25, 0.3) is 0 Å². The summed E-state index contributed by atoms with van der Waals surface area (Å²) in [4.78, 5) is 2.71. The lowest BCUT2D eigenvalue weighted by molar-refractivity contribution is -0.165. The van der Waals surface area contributed by atoms with Crippen LogP contribution in [-0.4, -0.2) is 32.7 Å². The second kappa shape index (κ2) is 9.84. The van der Waals surface area contributed by atoms with Gasteiger partial charge in [0.1, 0.15) is 12.4 Å². The summed E-state index contributed by atoms with van der Waals surface area (Å²) < 4.78 is 16.9. The summed E-state index contributed by atoms with van der Waals surface area (Å²) in [6.07, 6.45) is 6.83. The molecule has 22 heavy (non-hydrogen) atoms. The molecule has 6 nitrogen and oxygen atoms in total. The number of hydrogen-bond acceptors (Lipinski definition) is 4. The summed E-state index contributed by atoms with van der Waals surface area (Å²) in [6.45, 7) is 2.08. The molecule has 1 atom stereocenters. The number of para-hydroxylation sites is 1. The Kier molecular flexibility index (Phi) is 7.32. The van der Waals surface area contributed by atoms with Gasteiger partial charge >= 0.3 is 0 Å². The molecule has 0 aliphatic carbocycles. The second-order valence-corrected chi connectivity index (χ2v) is 4.87. The fraction of sp³-hybridized carbons (Fsp3) is 0.500. The largest absolute Gasteiger partial charge is 0.491 e. The Labute approximate surface area is 130 Å². The van der Waals surface area contributed by atoms with Gasteiger partial charge in [0.15, 0.2) is 6.29 Å². The van der Waals surface area contributed by atoms with Crippen LogP contribution in [0.4, 0.5) is 0 Å². The smallest absolute Gasteiger partial charge is 0.157 e. The van der Waals surface area contributed by atoms with Crippen LogP contribution in [0.5, 0.6) is 5.75 Å². The maximum Gasteiger partial charge on any atom is 0.157 e. The Morgan fingerprint density at radius 1 is 1.32 bits per heavy atom. The second-order valence-electron chi connectivity index (χ2n) is 4.87. The molecule has 1 unspecified atom stereocenters. The molecule has 0 aromatic heterocycles. The van der Waals surface area contributed by atoms with Gasteiger partial charge in [0, 0.05) is 23.6 Å². The van der Waals surface area contributed by atoms with Gasteiger partial charge < -0.3 is 14.2 Å². The molecule has 0 amide bonds. The molecule has 0 N–H and O–H groups in total. The highest BCUT2D eigenvalue weighted by Gasteiger charge is 2.13. The van der Waals surface area contributed by atoms with Crippen LogP contribution in [0.15, 0.2) is 35.5 Å². The number of rotatable bonds is 8. The van der Waals surface area contributed by atoms with Crippen LogP contribution < -0.4 is 4.74 Å². The zero-order valence-electron chi connectivity index (χ0n) is 12.6. The molecule has 2 rings (SSSR count). The van der Waals surface area contributed by atoms with E-state index >= 15 is 0 Å². The molecule has 1 saturated heterocycles. The third-order valence-electron chi connectivity index (χ3n) is 3.25. The number of ether oxygens (including phenoxy) is 3. The van der Waals surface area contributed by atoms with E-state index in [0.29, 0.717) is 19.8 Å². The Hall–Kier alpha value is -2.01. The molecule has 6 heteroatoms. The summed E-state index contributed by atoms with van der Waals surface area (Å²) in [5.41, 5.74) is 9.19. The lowest BCUT2D eigenvalue weighted by atomic mass is 10.2. The normalized spacial score (nSPS) is 18.1. The van der Waals surface area contributed by atoms with Crippen molar-refractivity contribution < 1.29 is 14.2 Å². The maximum absolute atomic E-state index is 8.24. The molecule has 1 heterocycles. The molecule has 1 aliphatic heterocycles. The number of nitrogens with zero attached hydrogens (tertiary/aromatic N) is 3. The average molecular weight is 303 g/mol. The molecule has 1 aliphatic rings. The minimum Gasteiger partial charge on any atom is -0.491 e. The molecule has 1 aromatic carbocycles. The van der Waals surface area contributed by atoms with Gasteiger partial charge in [-0.2, -0.15) is 0 Å². The van der Waals surface area contributed by atoms with Crippen LogP contribution >= 0.6 is 0 Å². The SMILES string of the molecule is [N-]=[N+]=NCC=Cc1ccccc1OCCOC1CCCCO1. The van der Waals surface area contributed by atoms with Crippen molar-refractivity contribution >= 4 is 6.08 Å². The quantitative estimate of drug-likeness (QED) is 0.316. The summed E-state index contributed by atoms with van der Waals surface area (Å²) in [5.74, 6) is 0.785. The molecule has 0 radical (unpaired) electrons. The van der Waals surface area contributed by atoms with Crippen molar-refractivity contribution in [2.24, 2.45) is 5.11 Å². The molecular weight excluding hydrogens is 282 g/mol. The average Bonchev–Trinajstić information content (AvgIpc) is 2.57. The molecule has 0 spiro atoms. The first-order valence-corrected chi connectivity index (χ1v) is 7.52. The highest BCUT2D eigenvalue weighted by Crippen LogP contribution is 2.19. The first-order valence-electron chi connectivity index (χ1n) is 7.52. The summed E-state index contributed by atoms with van der Waals surface area (Å²) >= 11 is 0. The van der Waals surface area contributed by atoms with Gasteiger partial charge in [-0.25, -0.2) is 0 Å². The minimum atomic E-state index is -0.0867. The highest BCUT2D eigenvalue weighted by molar-refractivity contribution is 5.57. The highest BCUT2D eigenvalue weighted by atomic mass is 16.7. The molecule has 118 valence electrons. The van der Waals surface area contributed by atoms with E-state index in [0.717, 1.165) is 37.2 Å². The summed E-state index contributed by atoms with van der Waals surface area (Å²) in [7, 11) is 0. The van der Waals surface area contributed by atoms with Crippen LogP contribution in [0.25, 0.3) is 16.5 Å². The monoisotopic (exact) mass is 303 g/mol. The Morgan fingerprint density at radius 2 is 2.23 bits per heavy atom. The lowest BCUT2D eigenvalue weighted by Gasteiger charge is -2.22. The van der Waals surface area contributed by atoms with Gasteiger partial charge in [-0.1, -0.05) is 35.5 Å². The van der Waals surface area contributed by atoms with E-state index < -0.39 is 0 Å². The predicted molar refractivity (Wildman–Crippen MR) is 84.5 cm³/mol. The van der Waals surface area contributed by atoms with Gasteiger partial charge in [-0.3, -0.25) is 0 Å². The maximum atomic E-state index is 8.24. The van der Waals surface area contributed by atoms with Crippen LogP contribution in [-0.2, 0) is 9.47 Å². The number of hydrogen-bond donors (Lipinski definition) is 0. The number of azide groups is 1. The number of benzene rings is 1. The van der Waals surface area contributed by atoms with Crippen LogP contribution in [0, 0.1) is 0 Å². The van der Waals surface area contributed by atoms with E-state index in [1.54, 1.807) is 6.08 Å². The van der Waals surface area contributed by atoms with Crippen LogP contribution in [0.2, 0.25) is 0 Å². The van der Waals surface area contributed by atoms with E-state index in [1.165, 1.54) is 0 Å². The standard InChI is InChI=1S/C16H21N3O3/c17-19-18-10-5-7-14-6-1-2-8-15(14)20-12-13-22-16-9-3-4-11-21-16/h1-2,5-8,16H,3-4,9-13H2. The van der Waals surface area contributed by atoms with Crippen molar-refractivity contribution in [2.75, 3.05) is 26.4 Å². The van der Waals surface area contributed by atoms with Crippen LogP contribution in [0.3, 0.4) is 0 Å². The fourth-order valence-corrected chi connectivity index (χ4v) is 2.19. The Balaban J connectivity index is 1.76. The lowest BCUT2D eigenvalue weighted by Crippen LogP contribution is -2.24.